The first-order valence-corrected chi connectivity index (χ1v) is 13.2. The van der Waals surface area contributed by atoms with Crippen LogP contribution in [0, 0.1) is 5.92 Å². The van der Waals surface area contributed by atoms with E-state index in [0.717, 1.165) is 30.5 Å². The molecule has 5 nitrogen and oxygen atoms in total. The number of nitrogens with one attached hydrogen (secondary N) is 1. The lowest BCUT2D eigenvalue weighted by Gasteiger charge is -2.38. The molecule has 2 aromatic carbocycles. The molecule has 1 aliphatic heterocycles. The van der Waals surface area contributed by atoms with E-state index in [-0.39, 0.29) is 12.0 Å². The minimum absolute atomic E-state index is 0.206. The molecule has 3 unspecified atom stereocenters. The minimum Gasteiger partial charge on any atom is -0.378 e. The highest BCUT2D eigenvalue weighted by Crippen LogP contribution is 2.50. The highest BCUT2D eigenvalue weighted by molar-refractivity contribution is 7.89. The Bertz CT molecular complexity index is 1070. The summed E-state index contributed by atoms with van der Waals surface area (Å²) in [7, 11) is 0.611. The maximum atomic E-state index is 13.3. The quantitative estimate of drug-likeness (QED) is 0.545. The van der Waals surface area contributed by atoms with E-state index in [1.165, 1.54) is 11.3 Å². The van der Waals surface area contributed by atoms with Crippen molar-refractivity contribution in [1.82, 2.24) is 4.31 Å². The summed E-state index contributed by atoms with van der Waals surface area (Å²) in [5, 5.41) is 3.73. The second-order valence-corrected chi connectivity index (χ2v) is 11.1. The lowest BCUT2D eigenvalue weighted by molar-refractivity contribution is 0.409. The Labute approximate surface area is 193 Å². The molecule has 0 amide bonds. The lowest BCUT2D eigenvalue weighted by atomic mass is 9.77. The van der Waals surface area contributed by atoms with Crippen molar-refractivity contribution in [2.75, 3.05) is 37.4 Å². The van der Waals surface area contributed by atoms with Crippen molar-refractivity contribution in [3.05, 3.63) is 65.7 Å². The predicted octanol–water partition coefficient (Wildman–Crippen LogP) is 5.39. The van der Waals surface area contributed by atoms with E-state index in [1.807, 2.05) is 26.0 Å². The van der Waals surface area contributed by atoms with E-state index in [1.54, 1.807) is 10.4 Å². The Morgan fingerprint density at radius 3 is 2.31 bits per heavy atom. The summed E-state index contributed by atoms with van der Waals surface area (Å²) in [6, 6.07) is 14.6. The normalized spacial score (nSPS) is 21.8. The predicted molar refractivity (Wildman–Crippen MR) is 133 cm³/mol. The zero-order valence-corrected chi connectivity index (χ0v) is 20.4. The summed E-state index contributed by atoms with van der Waals surface area (Å²) in [6.07, 6.45) is 7.12. The lowest BCUT2D eigenvalue weighted by Crippen LogP contribution is -2.33. The molecule has 1 N–H and O–H groups in total. The molecule has 2 aliphatic rings. The highest BCUT2D eigenvalue weighted by atomic mass is 32.2. The van der Waals surface area contributed by atoms with Crippen molar-refractivity contribution >= 4 is 21.4 Å². The van der Waals surface area contributed by atoms with Crippen molar-refractivity contribution in [2.24, 2.45) is 5.92 Å². The second-order valence-electron chi connectivity index (χ2n) is 9.11. The molecular formula is C26H35N3O2S. The average Bonchev–Trinajstić information content (AvgIpc) is 3.28. The first-order valence-electron chi connectivity index (χ1n) is 11.7. The third-order valence-electron chi connectivity index (χ3n) is 6.69. The van der Waals surface area contributed by atoms with E-state index in [0.29, 0.717) is 23.9 Å². The van der Waals surface area contributed by atoms with Gasteiger partial charge in [-0.1, -0.05) is 38.1 Å². The van der Waals surface area contributed by atoms with Crippen LogP contribution in [-0.4, -0.2) is 39.9 Å². The first-order chi connectivity index (χ1) is 15.4. The van der Waals surface area contributed by atoms with Crippen LogP contribution < -0.4 is 10.2 Å². The van der Waals surface area contributed by atoms with Gasteiger partial charge in [-0.05, 0) is 66.6 Å². The third kappa shape index (κ3) is 4.18. The zero-order chi connectivity index (χ0) is 22.9. The molecule has 1 aliphatic carbocycles. The zero-order valence-electron chi connectivity index (χ0n) is 19.6. The summed E-state index contributed by atoms with van der Waals surface area (Å²) in [6.45, 7) is 5.16. The molecule has 0 radical (unpaired) electrons. The van der Waals surface area contributed by atoms with Gasteiger partial charge in [-0.15, -0.1) is 0 Å². The van der Waals surface area contributed by atoms with Crippen LogP contribution in [0.5, 0.6) is 0 Å². The largest absolute Gasteiger partial charge is 0.378 e. The molecule has 4 rings (SSSR count). The van der Waals surface area contributed by atoms with Crippen molar-refractivity contribution < 1.29 is 8.42 Å². The van der Waals surface area contributed by atoms with Gasteiger partial charge in [0.2, 0.25) is 10.0 Å². The molecule has 0 bridgehead atoms. The third-order valence-corrected chi connectivity index (χ3v) is 8.58. The van der Waals surface area contributed by atoms with Gasteiger partial charge in [-0.2, -0.15) is 4.31 Å². The van der Waals surface area contributed by atoms with Crippen molar-refractivity contribution in [1.29, 1.82) is 0 Å². The molecule has 6 heteroatoms. The summed E-state index contributed by atoms with van der Waals surface area (Å²) in [5.74, 6) is 0.610. The molecule has 1 heterocycles. The SMILES string of the molecule is CCCN(CCC)S(=O)(=O)c1ccc2c(c1)C1C=CCC1C(c1ccc(N(C)C)cc1)N2. The summed E-state index contributed by atoms with van der Waals surface area (Å²) in [4.78, 5) is 2.52. The molecule has 2 aromatic rings. The van der Waals surface area contributed by atoms with Crippen LogP contribution >= 0.6 is 0 Å². The fourth-order valence-corrected chi connectivity index (χ4v) is 6.70. The molecule has 0 aromatic heterocycles. The standard InChI is InChI=1S/C26H35N3O2S/c1-5-16-29(17-6-2)32(30,31)21-14-15-25-24(18-21)22-8-7-9-23(22)26(27-25)19-10-12-20(13-11-19)28(3)4/h7-8,10-15,18,22-23,26-27H,5-6,9,16-17H2,1-4H3. The van der Waals surface area contributed by atoms with Crippen molar-refractivity contribution in [3.63, 3.8) is 0 Å². The first kappa shape index (κ1) is 22.9. The monoisotopic (exact) mass is 453 g/mol. The number of rotatable bonds is 8. The summed E-state index contributed by atoms with van der Waals surface area (Å²) >= 11 is 0. The van der Waals surface area contributed by atoms with E-state index < -0.39 is 10.0 Å². The Morgan fingerprint density at radius 1 is 1.00 bits per heavy atom. The van der Waals surface area contributed by atoms with Gasteiger partial charge in [0.1, 0.15) is 0 Å². The number of sulfonamides is 1. The Kier molecular flexibility index (Phi) is 6.63. The molecule has 0 fully saturated rings. The van der Waals surface area contributed by atoms with Crippen molar-refractivity contribution in [2.45, 2.75) is 50.0 Å². The molecule has 0 spiro atoms. The van der Waals surface area contributed by atoms with Gasteiger partial charge < -0.3 is 10.2 Å². The smallest absolute Gasteiger partial charge is 0.243 e. The van der Waals surface area contributed by atoms with Crippen LogP contribution in [-0.2, 0) is 10.0 Å². The Balaban J connectivity index is 1.68. The maximum Gasteiger partial charge on any atom is 0.243 e. The average molecular weight is 454 g/mol. The highest BCUT2D eigenvalue weighted by Gasteiger charge is 2.38. The number of allylic oxidation sites excluding steroid dienone is 2. The Morgan fingerprint density at radius 2 is 1.69 bits per heavy atom. The number of hydrogen-bond donors (Lipinski definition) is 1. The molecule has 172 valence electrons. The molecule has 0 saturated heterocycles. The maximum absolute atomic E-state index is 13.3. The van der Waals surface area contributed by atoms with Crippen LogP contribution in [0.25, 0.3) is 0 Å². The topological polar surface area (TPSA) is 52.7 Å². The number of nitrogens with zero attached hydrogens (tertiary/aromatic N) is 2. The van der Waals surface area contributed by atoms with Gasteiger partial charge in [0.25, 0.3) is 0 Å². The van der Waals surface area contributed by atoms with Crippen LogP contribution in [0.2, 0.25) is 0 Å². The van der Waals surface area contributed by atoms with E-state index in [4.69, 9.17) is 0 Å². The van der Waals surface area contributed by atoms with Gasteiger partial charge in [0.15, 0.2) is 0 Å². The van der Waals surface area contributed by atoms with Crippen molar-refractivity contribution in [3.8, 4) is 0 Å². The van der Waals surface area contributed by atoms with E-state index in [2.05, 4.69) is 60.7 Å². The fourth-order valence-electron chi connectivity index (χ4n) is 5.04. The summed E-state index contributed by atoms with van der Waals surface area (Å²) in [5.41, 5.74) is 4.59. The molecule has 3 atom stereocenters. The van der Waals surface area contributed by atoms with Crippen LogP contribution in [0.3, 0.4) is 0 Å². The fraction of sp³-hybridized carbons (Fsp3) is 0.462. The van der Waals surface area contributed by atoms with Gasteiger partial charge in [-0.25, -0.2) is 8.42 Å². The second kappa shape index (κ2) is 9.28. The van der Waals surface area contributed by atoms with Crippen LogP contribution in [0.15, 0.2) is 59.5 Å². The molecular weight excluding hydrogens is 418 g/mol. The summed E-state index contributed by atoms with van der Waals surface area (Å²) < 4.78 is 28.3. The van der Waals surface area contributed by atoms with Gasteiger partial charge >= 0.3 is 0 Å². The molecule has 32 heavy (non-hydrogen) atoms. The van der Waals surface area contributed by atoms with Gasteiger partial charge in [-0.3, -0.25) is 0 Å². The number of fused-ring (bicyclic) bond motifs is 3. The van der Waals surface area contributed by atoms with Crippen LogP contribution in [0.1, 0.15) is 56.2 Å². The van der Waals surface area contributed by atoms with Crippen LogP contribution in [0.4, 0.5) is 11.4 Å². The molecule has 0 saturated carbocycles. The van der Waals surface area contributed by atoms with Gasteiger partial charge in [0, 0.05) is 44.5 Å². The van der Waals surface area contributed by atoms with Gasteiger partial charge in [0.05, 0.1) is 10.9 Å². The number of anilines is 2. The van der Waals surface area contributed by atoms with E-state index >= 15 is 0 Å². The Hall–Kier alpha value is -2.31. The van der Waals surface area contributed by atoms with E-state index in [9.17, 15) is 8.42 Å². The number of hydrogen-bond acceptors (Lipinski definition) is 4. The number of benzene rings is 2. The minimum atomic E-state index is -3.49.